The number of methoxy groups -OCH3 is 2. The van der Waals surface area contributed by atoms with E-state index in [1.165, 1.54) is 31.3 Å². The van der Waals surface area contributed by atoms with Crippen molar-refractivity contribution in [2.75, 3.05) is 31.6 Å². The molecule has 0 aliphatic rings. The summed E-state index contributed by atoms with van der Waals surface area (Å²) in [4.78, 5) is 28.3. The Bertz CT molecular complexity index is 1380. The molecule has 0 saturated carbocycles. The number of ether oxygens (including phenoxy) is 2. The number of anilines is 1. The van der Waals surface area contributed by atoms with Crippen LogP contribution in [-0.4, -0.2) is 64.5 Å². The fourth-order valence-corrected chi connectivity index (χ4v) is 5.62. The summed E-state index contributed by atoms with van der Waals surface area (Å²) in [6.07, 6.45) is 0.492. The van der Waals surface area contributed by atoms with Gasteiger partial charge in [-0.1, -0.05) is 42.5 Å². The predicted molar refractivity (Wildman–Crippen MR) is 155 cm³/mol. The van der Waals surface area contributed by atoms with Crippen LogP contribution < -0.4 is 19.1 Å². The molecule has 1 N–H and O–H groups in total. The van der Waals surface area contributed by atoms with E-state index in [2.05, 4.69) is 5.32 Å². The van der Waals surface area contributed by atoms with Crippen LogP contribution in [-0.2, 0) is 26.0 Å². The minimum atomic E-state index is -4.22. The molecule has 0 aliphatic heterocycles. The highest BCUT2D eigenvalue weighted by Gasteiger charge is 2.33. The van der Waals surface area contributed by atoms with Crippen molar-refractivity contribution in [1.82, 2.24) is 10.2 Å². The Morgan fingerprint density at radius 1 is 0.850 bits per heavy atom. The quantitative estimate of drug-likeness (QED) is 0.336. The van der Waals surface area contributed by atoms with E-state index in [9.17, 15) is 18.0 Å². The van der Waals surface area contributed by atoms with Crippen molar-refractivity contribution >= 4 is 27.5 Å². The van der Waals surface area contributed by atoms with Crippen molar-refractivity contribution in [2.24, 2.45) is 0 Å². The minimum absolute atomic E-state index is 0.0200. The van der Waals surface area contributed by atoms with Crippen molar-refractivity contribution in [3.63, 3.8) is 0 Å². The van der Waals surface area contributed by atoms with Crippen LogP contribution in [0.4, 0.5) is 5.69 Å². The molecule has 3 aromatic carbocycles. The van der Waals surface area contributed by atoms with Crippen LogP contribution >= 0.6 is 0 Å². The summed E-state index contributed by atoms with van der Waals surface area (Å²) in [7, 11) is -1.30. The van der Waals surface area contributed by atoms with Gasteiger partial charge in [-0.25, -0.2) is 8.42 Å². The van der Waals surface area contributed by atoms with Crippen LogP contribution in [0.1, 0.15) is 26.3 Å². The lowest BCUT2D eigenvalue weighted by atomic mass is 10.1. The number of carbonyl (C=O) groups excluding carboxylic acids is 2. The maximum atomic E-state index is 14.0. The first kappa shape index (κ1) is 30.5. The normalized spacial score (nSPS) is 11.9. The number of nitrogens with one attached hydrogen (secondary N) is 1. The standard InChI is InChI=1S/C30H37N3O6S/c1-22(2)31-30(35)23(3)32(20-19-24-11-7-6-8-12-24)29(34)21-33(27-13-9-10-14-28(27)39-5)40(36,37)26-17-15-25(38-4)16-18-26/h6-18,22-23H,19-21H2,1-5H3,(H,31,35)/t23-/m1/s1. The third-order valence-electron chi connectivity index (χ3n) is 6.36. The van der Waals surface area contributed by atoms with Gasteiger partial charge in [-0.3, -0.25) is 13.9 Å². The maximum absolute atomic E-state index is 14.0. The Kier molecular flexibility index (Phi) is 10.6. The summed E-state index contributed by atoms with van der Waals surface area (Å²) in [5, 5.41) is 2.85. The number of hydrogen-bond acceptors (Lipinski definition) is 6. The summed E-state index contributed by atoms with van der Waals surface area (Å²) in [6, 6.07) is 21.2. The van der Waals surface area contributed by atoms with Gasteiger partial charge in [0.05, 0.1) is 24.8 Å². The van der Waals surface area contributed by atoms with Gasteiger partial charge in [0, 0.05) is 12.6 Å². The average molecular weight is 568 g/mol. The number of nitrogens with zero attached hydrogens (tertiary/aromatic N) is 2. The van der Waals surface area contributed by atoms with Gasteiger partial charge in [0.15, 0.2) is 0 Å². The third kappa shape index (κ3) is 7.53. The molecule has 1 atom stereocenters. The summed E-state index contributed by atoms with van der Waals surface area (Å²) in [6.45, 7) is 5.00. The van der Waals surface area contributed by atoms with Crippen molar-refractivity contribution in [3.8, 4) is 11.5 Å². The SMILES string of the molecule is COc1ccc(S(=O)(=O)N(CC(=O)N(CCc2ccccc2)[C@H](C)C(=O)NC(C)C)c2ccccc2OC)cc1. The van der Waals surface area contributed by atoms with Gasteiger partial charge in [0.2, 0.25) is 11.8 Å². The zero-order chi connectivity index (χ0) is 29.3. The Morgan fingerprint density at radius 3 is 2.08 bits per heavy atom. The minimum Gasteiger partial charge on any atom is -0.497 e. The molecule has 3 aromatic rings. The molecule has 9 nitrogen and oxygen atoms in total. The van der Waals surface area contributed by atoms with Gasteiger partial charge in [-0.15, -0.1) is 0 Å². The molecule has 40 heavy (non-hydrogen) atoms. The molecular weight excluding hydrogens is 530 g/mol. The number of sulfonamides is 1. The van der Waals surface area contributed by atoms with Gasteiger partial charge in [-0.2, -0.15) is 0 Å². The van der Waals surface area contributed by atoms with Gasteiger partial charge in [0.1, 0.15) is 24.1 Å². The first-order chi connectivity index (χ1) is 19.1. The molecule has 0 saturated heterocycles. The van der Waals surface area contributed by atoms with E-state index in [0.717, 1.165) is 9.87 Å². The van der Waals surface area contributed by atoms with E-state index in [0.29, 0.717) is 12.2 Å². The van der Waals surface area contributed by atoms with E-state index in [4.69, 9.17) is 9.47 Å². The highest BCUT2D eigenvalue weighted by molar-refractivity contribution is 7.92. The molecule has 0 aliphatic carbocycles. The zero-order valence-electron chi connectivity index (χ0n) is 23.5. The second-order valence-corrected chi connectivity index (χ2v) is 11.4. The number of para-hydroxylation sites is 2. The van der Waals surface area contributed by atoms with E-state index >= 15 is 0 Å². The summed E-state index contributed by atoms with van der Waals surface area (Å²) in [5.41, 5.74) is 1.20. The van der Waals surface area contributed by atoms with E-state index in [-0.39, 0.29) is 34.8 Å². The first-order valence-electron chi connectivity index (χ1n) is 13.0. The number of hydrogen-bond donors (Lipinski definition) is 1. The van der Waals surface area contributed by atoms with Gasteiger partial charge < -0.3 is 19.7 Å². The van der Waals surface area contributed by atoms with Gasteiger partial charge in [0.25, 0.3) is 10.0 Å². The average Bonchev–Trinajstić information content (AvgIpc) is 2.96. The smallest absolute Gasteiger partial charge is 0.264 e. The monoisotopic (exact) mass is 567 g/mol. The second-order valence-electron chi connectivity index (χ2n) is 9.52. The molecule has 0 aromatic heterocycles. The van der Waals surface area contributed by atoms with Crippen LogP contribution in [0.25, 0.3) is 0 Å². The summed E-state index contributed by atoms with van der Waals surface area (Å²) < 4.78 is 39.6. The van der Waals surface area contributed by atoms with Gasteiger partial charge in [-0.05, 0) is 69.2 Å². The third-order valence-corrected chi connectivity index (χ3v) is 8.14. The van der Waals surface area contributed by atoms with Crippen LogP contribution in [0.3, 0.4) is 0 Å². The Hall–Kier alpha value is -4.05. The Balaban J connectivity index is 2.02. The molecule has 0 fully saturated rings. The molecule has 0 bridgehead atoms. The lowest BCUT2D eigenvalue weighted by molar-refractivity contribution is -0.139. The van der Waals surface area contributed by atoms with Crippen LogP contribution in [0.5, 0.6) is 11.5 Å². The van der Waals surface area contributed by atoms with E-state index in [1.54, 1.807) is 43.3 Å². The summed E-state index contributed by atoms with van der Waals surface area (Å²) >= 11 is 0. The highest BCUT2D eigenvalue weighted by Crippen LogP contribution is 2.33. The Labute approximate surface area is 236 Å². The predicted octanol–water partition coefficient (Wildman–Crippen LogP) is 3.88. The second kappa shape index (κ2) is 13.8. The molecule has 3 rings (SSSR count). The topological polar surface area (TPSA) is 105 Å². The molecule has 0 heterocycles. The number of amides is 2. The van der Waals surface area contributed by atoms with E-state index in [1.807, 2.05) is 44.2 Å². The van der Waals surface area contributed by atoms with Crippen molar-refractivity contribution in [3.05, 3.63) is 84.4 Å². The van der Waals surface area contributed by atoms with Crippen molar-refractivity contribution < 1.29 is 27.5 Å². The van der Waals surface area contributed by atoms with E-state index < -0.39 is 28.5 Å². The highest BCUT2D eigenvalue weighted by atomic mass is 32.2. The van der Waals surface area contributed by atoms with Crippen LogP contribution in [0.15, 0.2) is 83.8 Å². The fraction of sp³-hybridized carbons (Fsp3) is 0.333. The van der Waals surface area contributed by atoms with Crippen LogP contribution in [0.2, 0.25) is 0 Å². The van der Waals surface area contributed by atoms with Crippen molar-refractivity contribution in [1.29, 1.82) is 0 Å². The Morgan fingerprint density at radius 2 is 1.48 bits per heavy atom. The number of rotatable bonds is 13. The largest absolute Gasteiger partial charge is 0.497 e. The molecule has 214 valence electrons. The zero-order valence-corrected chi connectivity index (χ0v) is 24.4. The first-order valence-corrected chi connectivity index (χ1v) is 14.5. The number of benzene rings is 3. The van der Waals surface area contributed by atoms with Crippen molar-refractivity contribution in [2.45, 2.75) is 44.2 Å². The fourth-order valence-electron chi connectivity index (χ4n) is 4.20. The number of carbonyl (C=O) groups is 2. The van der Waals surface area contributed by atoms with Crippen LogP contribution in [0, 0.1) is 0 Å². The maximum Gasteiger partial charge on any atom is 0.264 e. The summed E-state index contributed by atoms with van der Waals surface area (Å²) in [5.74, 6) is -0.0617. The molecule has 0 unspecified atom stereocenters. The molecular formula is C30H37N3O6S. The molecule has 0 radical (unpaired) electrons. The molecule has 10 heteroatoms. The molecule has 0 spiro atoms. The van der Waals surface area contributed by atoms with Gasteiger partial charge >= 0.3 is 0 Å². The lowest BCUT2D eigenvalue weighted by Gasteiger charge is -2.32. The molecule has 2 amide bonds. The lowest BCUT2D eigenvalue weighted by Crippen LogP contribution is -2.53.